The number of halogens is 1. The first-order chi connectivity index (χ1) is 13.5. The molecule has 28 heavy (non-hydrogen) atoms. The Hall–Kier alpha value is -3.00. The molecule has 1 heterocycles. The Kier molecular flexibility index (Phi) is 6.54. The molecule has 146 valence electrons. The van der Waals surface area contributed by atoms with Gasteiger partial charge in [-0.15, -0.1) is 0 Å². The molecule has 0 aliphatic heterocycles. The van der Waals surface area contributed by atoms with Gasteiger partial charge in [0, 0.05) is 28.0 Å². The standard InChI is InChI=1S/C20H20BrN3O4/c21-14-4-3-5-15(11-14)27-8-9-28-19(25)18(24-20(22)26)10-13-12-23-17-7-2-1-6-16(13)17/h1-7,11-12,18,23H,8-10H2,(H3,22,24,26)/t18-/m1/s1. The van der Waals surface area contributed by atoms with Crippen molar-refractivity contribution in [3.05, 3.63) is 64.8 Å². The molecule has 0 radical (unpaired) electrons. The number of benzene rings is 2. The molecule has 0 saturated carbocycles. The van der Waals surface area contributed by atoms with Crippen molar-refractivity contribution in [1.29, 1.82) is 0 Å². The number of hydrogen-bond acceptors (Lipinski definition) is 4. The number of carbonyl (C=O) groups excluding carboxylic acids is 2. The van der Waals surface area contributed by atoms with Crippen LogP contribution in [0.2, 0.25) is 0 Å². The summed E-state index contributed by atoms with van der Waals surface area (Å²) in [6.07, 6.45) is 2.07. The van der Waals surface area contributed by atoms with Crippen molar-refractivity contribution in [2.24, 2.45) is 5.73 Å². The quantitative estimate of drug-likeness (QED) is 0.365. The molecule has 0 fully saturated rings. The van der Waals surface area contributed by atoms with E-state index in [0.29, 0.717) is 5.75 Å². The lowest BCUT2D eigenvalue weighted by Crippen LogP contribution is -2.46. The average molecular weight is 446 g/mol. The zero-order valence-electron chi connectivity index (χ0n) is 15.0. The van der Waals surface area contributed by atoms with Crippen molar-refractivity contribution in [1.82, 2.24) is 10.3 Å². The van der Waals surface area contributed by atoms with Crippen molar-refractivity contribution in [3.8, 4) is 5.75 Å². The first kappa shape index (κ1) is 19.8. The Morgan fingerprint density at radius 1 is 1.14 bits per heavy atom. The van der Waals surface area contributed by atoms with Gasteiger partial charge in [0.25, 0.3) is 0 Å². The fourth-order valence-corrected chi connectivity index (χ4v) is 3.22. The minimum absolute atomic E-state index is 0.0518. The molecule has 0 spiro atoms. The number of ether oxygens (including phenoxy) is 2. The monoisotopic (exact) mass is 445 g/mol. The van der Waals surface area contributed by atoms with Gasteiger partial charge in [0.05, 0.1) is 0 Å². The predicted molar refractivity (Wildman–Crippen MR) is 109 cm³/mol. The molecular weight excluding hydrogens is 426 g/mol. The maximum absolute atomic E-state index is 12.4. The first-order valence-corrected chi connectivity index (χ1v) is 9.48. The Morgan fingerprint density at radius 3 is 2.75 bits per heavy atom. The molecule has 1 aromatic heterocycles. The van der Waals surface area contributed by atoms with Gasteiger partial charge < -0.3 is 25.5 Å². The predicted octanol–water partition coefficient (Wildman–Crippen LogP) is 3.13. The fourth-order valence-electron chi connectivity index (χ4n) is 2.84. The van der Waals surface area contributed by atoms with Crippen LogP contribution in [0, 0.1) is 0 Å². The lowest BCUT2D eigenvalue weighted by molar-refractivity contribution is -0.146. The molecule has 0 aliphatic rings. The largest absolute Gasteiger partial charge is 0.490 e. The van der Waals surface area contributed by atoms with Crippen LogP contribution >= 0.6 is 15.9 Å². The van der Waals surface area contributed by atoms with E-state index < -0.39 is 18.0 Å². The molecule has 2 aromatic carbocycles. The van der Waals surface area contributed by atoms with Crippen LogP contribution in [0.1, 0.15) is 5.56 Å². The number of nitrogens with two attached hydrogens (primary N) is 1. The summed E-state index contributed by atoms with van der Waals surface area (Å²) in [5.74, 6) is 0.0953. The van der Waals surface area contributed by atoms with E-state index in [2.05, 4.69) is 26.2 Å². The molecule has 7 nitrogen and oxygen atoms in total. The van der Waals surface area contributed by atoms with Gasteiger partial charge in [0.15, 0.2) is 0 Å². The van der Waals surface area contributed by atoms with E-state index in [-0.39, 0.29) is 19.6 Å². The van der Waals surface area contributed by atoms with Crippen LogP contribution in [0.5, 0.6) is 5.75 Å². The Balaban J connectivity index is 1.57. The van der Waals surface area contributed by atoms with Gasteiger partial charge in [-0.25, -0.2) is 9.59 Å². The molecule has 8 heteroatoms. The fraction of sp³-hybridized carbons (Fsp3) is 0.200. The van der Waals surface area contributed by atoms with Gasteiger partial charge >= 0.3 is 12.0 Å². The highest BCUT2D eigenvalue weighted by atomic mass is 79.9. The number of hydrogen-bond donors (Lipinski definition) is 3. The van der Waals surface area contributed by atoms with Gasteiger partial charge in [0.1, 0.15) is 25.0 Å². The molecule has 0 unspecified atom stereocenters. The van der Waals surface area contributed by atoms with Crippen LogP contribution in [0.3, 0.4) is 0 Å². The lowest BCUT2D eigenvalue weighted by Gasteiger charge is -2.16. The van der Waals surface area contributed by atoms with Gasteiger partial charge in [-0.1, -0.05) is 40.2 Å². The molecule has 0 bridgehead atoms. The second kappa shape index (κ2) is 9.27. The number of carbonyl (C=O) groups is 2. The average Bonchev–Trinajstić information content (AvgIpc) is 3.07. The first-order valence-electron chi connectivity index (χ1n) is 8.69. The van der Waals surface area contributed by atoms with Gasteiger partial charge in [0.2, 0.25) is 0 Å². The Bertz CT molecular complexity index is 973. The van der Waals surface area contributed by atoms with Crippen molar-refractivity contribution in [3.63, 3.8) is 0 Å². The molecule has 1 atom stereocenters. The normalized spacial score (nSPS) is 11.8. The molecular formula is C20H20BrN3O4. The van der Waals surface area contributed by atoms with E-state index in [0.717, 1.165) is 20.9 Å². The maximum Gasteiger partial charge on any atom is 0.329 e. The van der Waals surface area contributed by atoms with Crippen LogP contribution in [0.15, 0.2) is 59.2 Å². The highest BCUT2D eigenvalue weighted by molar-refractivity contribution is 9.10. The molecule has 2 amide bonds. The maximum atomic E-state index is 12.4. The van der Waals surface area contributed by atoms with Crippen molar-refractivity contribution >= 4 is 38.8 Å². The van der Waals surface area contributed by atoms with E-state index in [1.807, 2.05) is 48.7 Å². The number of primary amides is 1. The number of amides is 2. The van der Waals surface area contributed by atoms with E-state index in [1.54, 1.807) is 6.07 Å². The lowest BCUT2D eigenvalue weighted by atomic mass is 10.1. The third kappa shape index (κ3) is 5.26. The number of H-pyrrole nitrogens is 1. The van der Waals surface area contributed by atoms with Gasteiger partial charge in [-0.2, -0.15) is 0 Å². The SMILES string of the molecule is NC(=O)N[C@H](Cc1c[nH]c2ccccc12)C(=O)OCCOc1cccc(Br)c1. The second-order valence-electron chi connectivity index (χ2n) is 6.10. The van der Waals surface area contributed by atoms with Crippen molar-refractivity contribution < 1.29 is 19.1 Å². The number of nitrogens with one attached hydrogen (secondary N) is 2. The number of para-hydroxylation sites is 1. The minimum atomic E-state index is -0.887. The Labute approximate surface area is 170 Å². The number of fused-ring (bicyclic) bond motifs is 1. The number of aromatic amines is 1. The number of aromatic nitrogens is 1. The summed E-state index contributed by atoms with van der Waals surface area (Å²) >= 11 is 3.36. The zero-order valence-corrected chi connectivity index (χ0v) is 16.6. The summed E-state index contributed by atoms with van der Waals surface area (Å²) in [7, 11) is 0. The summed E-state index contributed by atoms with van der Waals surface area (Å²) in [5, 5.41) is 3.43. The summed E-state index contributed by atoms with van der Waals surface area (Å²) in [6, 6.07) is 13.4. The van der Waals surface area contributed by atoms with E-state index in [4.69, 9.17) is 15.2 Å². The summed E-state index contributed by atoms with van der Waals surface area (Å²) in [4.78, 5) is 26.9. The molecule has 3 aromatic rings. The topological polar surface area (TPSA) is 106 Å². The van der Waals surface area contributed by atoms with Gasteiger partial charge in [-0.3, -0.25) is 0 Å². The van der Waals surface area contributed by atoms with Crippen LogP contribution in [-0.2, 0) is 16.0 Å². The number of esters is 1. The van der Waals surface area contributed by atoms with E-state index in [9.17, 15) is 9.59 Å². The van der Waals surface area contributed by atoms with Crippen LogP contribution in [-0.4, -0.2) is 36.2 Å². The molecule has 0 saturated heterocycles. The smallest absolute Gasteiger partial charge is 0.329 e. The molecule has 4 N–H and O–H groups in total. The van der Waals surface area contributed by atoms with E-state index in [1.165, 1.54) is 0 Å². The van der Waals surface area contributed by atoms with Crippen LogP contribution < -0.4 is 15.8 Å². The summed E-state index contributed by atoms with van der Waals surface area (Å²) in [6.45, 7) is 0.245. The summed E-state index contributed by atoms with van der Waals surface area (Å²) < 4.78 is 11.7. The highest BCUT2D eigenvalue weighted by Crippen LogP contribution is 2.20. The summed E-state index contributed by atoms with van der Waals surface area (Å²) in [5.41, 5.74) is 7.06. The van der Waals surface area contributed by atoms with Crippen LogP contribution in [0.4, 0.5) is 4.79 Å². The number of rotatable bonds is 8. The highest BCUT2D eigenvalue weighted by Gasteiger charge is 2.23. The second-order valence-corrected chi connectivity index (χ2v) is 7.01. The third-order valence-electron chi connectivity index (χ3n) is 4.09. The minimum Gasteiger partial charge on any atom is -0.490 e. The Morgan fingerprint density at radius 2 is 1.96 bits per heavy atom. The van der Waals surface area contributed by atoms with E-state index >= 15 is 0 Å². The van der Waals surface area contributed by atoms with Crippen molar-refractivity contribution in [2.45, 2.75) is 12.5 Å². The third-order valence-corrected chi connectivity index (χ3v) is 4.59. The van der Waals surface area contributed by atoms with Crippen molar-refractivity contribution in [2.75, 3.05) is 13.2 Å². The molecule has 3 rings (SSSR count). The molecule has 0 aliphatic carbocycles. The van der Waals surface area contributed by atoms with Crippen LogP contribution in [0.25, 0.3) is 10.9 Å². The number of urea groups is 1. The van der Waals surface area contributed by atoms with Gasteiger partial charge in [-0.05, 0) is 29.8 Å². The zero-order chi connectivity index (χ0) is 19.9.